The van der Waals surface area contributed by atoms with E-state index in [4.69, 9.17) is 11.6 Å². The van der Waals surface area contributed by atoms with Gasteiger partial charge in [-0.15, -0.1) is 11.6 Å². The van der Waals surface area contributed by atoms with Crippen LogP contribution in [0.1, 0.15) is 26.3 Å². The number of alkyl halides is 1. The van der Waals surface area contributed by atoms with Crippen molar-refractivity contribution in [2.75, 3.05) is 31.1 Å². The summed E-state index contributed by atoms with van der Waals surface area (Å²) in [5, 5.41) is 0. The third-order valence-corrected chi connectivity index (χ3v) is 3.91. The molecule has 0 radical (unpaired) electrons. The van der Waals surface area contributed by atoms with Gasteiger partial charge in [0, 0.05) is 43.5 Å². The van der Waals surface area contributed by atoms with Crippen LogP contribution >= 0.6 is 11.6 Å². The average molecular weight is 286 g/mol. The van der Waals surface area contributed by atoms with E-state index in [1.54, 1.807) is 12.3 Å². The maximum Gasteiger partial charge on any atom is 0.170 e. The van der Waals surface area contributed by atoms with Gasteiger partial charge in [0.1, 0.15) is 0 Å². The summed E-state index contributed by atoms with van der Waals surface area (Å²) in [5.74, 6) is 0.344. The molecule has 0 unspecified atom stereocenters. The molecule has 0 aromatic carbocycles. The molecule has 106 valence electrons. The minimum Gasteiger partial charge on any atom is -0.352 e. The second kappa shape index (κ2) is 5.63. The van der Waals surface area contributed by atoms with Crippen LogP contribution in [0, 0.1) is 5.82 Å². The Bertz CT molecular complexity index is 437. The average Bonchev–Trinajstić information content (AvgIpc) is 2.38. The lowest BCUT2D eigenvalue weighted by Gasteiger charge is -2.42. The van der Waals surface area contributed by atoms with Gasteiger partial charge in [-0.05, 0) is 26.8 Å². The third-order valence-electron chi connectivity index (χ3n) is 3.62. The van der Waals surface area contributed by atoms with Crippen molar-refractivity contribution < 1.29 is 4.39 Å². The number of pyridine rings is 1. The first-order valence-electron chi connectivity index (χ1n) is 6.63. The van der Waals surface area contributed by atoms with E-state index >= 15 is 0 Å². The van der Waals surface area contributed by atoms with E-state index in [0.29, 0.717) is 11.4 Å². The molecule has 1 saturated heterocycles. The lowest BCUT2D eigenvalue weighted by molar-refractivity contribution is 0.128. The van der Waals surface area contributed by atoms with Crippen LogP contribution in [0.2, 0.25) is 0 Å². The minimum absolute atomic E-state index is 0.163. The smallest absolute Gasteiger partial charge is 0.170 e. The molecule has 0 aliphatic carbocycles. The Morgan fingerprint density at radius 1 is 1.26 bits per heavy atom. The molecular formula is C14H21ClFN3. The lowest BCUT2D eigenvalue weighted by Crippen LogP contribution is -2.53. The first-order valence-corrected chi connectivity index (χ1v) is 7.16. The predicted octanol–water partition coefficient (Wildman–Crippen LogP) is 2.88. The van der Waals surface area contributed by atoms with E-state index < -0.39 is 0 Å². The van der Waals surface area contributed by atoms with Gasteiger partial charge in [0.15, 0.2) is 11.6 Å². The Labute approximate surface area is 119 Å². The van der Waals surface area contributed by atoms with Crippen LogP contribution in [0.15, 0.2) is 12.3 Å². The Balaban J connectivity index is 2.10. The molecule has 0 spiro atoms. The maximum atomic E-state index is 14.2. The molecule has 19 heavy (non-hydrogen) atoms. The second-order valence-electron chi connectivity index (χ2n) is 5.89. The first kappa shape index (κ1) is 14.5. The number of halogens is 2. The second-order valence-corrected chi connectivity index (χ2v) is 6.15. The summed E-state index contributed by atoms with van der Waals surface area (Å²) in [6.07, 6.45) is 1.63. The summed E-state index contributed by atoms with van der Waals surface area (Å²) < 4.78 is 14.2. The molecule has 1 aromatic heterocycles. The van der Waals surface area contributed by atoms with Crippen LogP contribution in [0.5, 0.6) is 0 Å². The van der Waals surface area contributed by atoms with Crippen molar-refractivity contribution in [1.29, 1.82) is 0 Å². The van der Waals surface area contributed by atoms with Gasteiger partial charge < -0.3 is 4.90 Å². The number of piperazine rings is 1. The molecule has 0 N–H and O–H groups in total. The summed E-state index contributed by atoms with van der Waals surface area (Å²) >= 11 is 5.73. The summed E-state index contributed by atoms with van der Waals surface area (Å²) in [6, 6.07) is 1.64. The molecule has 0 atom stereocenters. The maximum absolute atomic E-state index is 14.2. The normalized spacial score (nSPS) is 17.8. The zero-order valence-electron chi connectivity index (χ0n) is 11.8. The van der Waals surface area contributed by atoms with E-state index in [1.165, 1.54) is 0 Å². The van der Waals surface area contributed by atoms with Gasteiger partial charge >= 0.3 is 0 Å². The van der Waals surface area contributed by atoms with E-state index in [1.807, 2.05) is 4.90 Å². The van der Waals surface area contributed by atoms with E-state index in [-0.39, 0.29) is 17.2 Å². The number of rotatable bonds is 2. The van der Waals surface area contributed by atoms with Gasteiger partial charge in [-0.3, -0.25) is 4.90 Å². The molecule has 2 rings (SSSR count). The van der Waals surface area contributed by atoms with Gasteiger partial charge in [-0.25, -0.2) is 9.37 Å². The fourth-order valence-electron chi connectivity index (χ4n) is 2.38. The van der Waals surface area contributed by atoms with E-state index in [9.17, 15) is 4.39 Å². The van der Waals surface area contributed by atoms with E-state index in [2.05, 4.69) is 30.7 Å². The Morgan fingerprint density at radius 2 is 1.89 bits per heavy atom. The molecule has 0 bridgehead atoms. The van der Waals surface area contributed by atoms with Crippen molar-refractivity contribution in [3.63, 3.8) is 0 Å². The number of aromatic nitrogens is 1. The standard InChI is InChI=1S/C14H21ClFN3/c1-14(2,3)19-8-6-18(7-9-19)13-12(16)11(10-15)4-5-17-13/h4-5H,6-10H2,1-3H3. The van der Waals surface area contributed by atoms with E-state index in [0.717, 1.165) is 26.2 Å². The number of anilines is 1. The number of hydrogen-bond acceptors (Lipinski definition) is 3. The topological polar surface area (TPSA) is 19.4 Å². The summed E-state index contributed by atoms with van der Waals surface area (Å²) in [7, 11) is 0. The quantitative estimate of drug-likeness (QED) is 0.779. The highest BCUT2D eigenvalue weighted by molar-refractivity contribution is 6.17. The largest absolute Gasteiger partial charge is 0.352 e. The SMILES string of the molecule is CC(C)(C)N1CCN(c2nccc(CCl)c2F)CC1. The van der Waals surface area contributed by atoms with Gasteiger partial charge in [0.25, 0.3) is 0 Å². The van der Waals surface area contributed by atoms with Crippen LogP contribution in [0.4, 0.5) is 10.2 Å². The van der Waals surface area contributed by atoms with Crippen molar-refractivity contribution in [2.24, 2.45) is 0 Å². The van der Waals surface area contributed by atoms with Crippen molar-refractivity contribution in [1.82, 2.24) is 9.88 Å². The highest BCUT2D eigenvalue weighted by Gasteiger charge is 2.27. The molecule has 5 heteroatoms. The Kier molecular flexibility index (Phi) is 4.31. The monoisotopic (exact) mass is 285 g/mol. The van der Waals surface area contributed by atoms with Crippen LogP contribution in [0.3, 0.4) is 0 Å². The van der Waals surface area contributed by atoms with Crippen molar-refractivity contribution in [3.05, 3.63) is 23.6 Å². The van der Waals surface area contributed by atoms with Crippen molar-refractivity contribution in [2.45, 2.75) is 32.2 Å². The summed E-state index contributed by atoms with van der Waals surface area (Å²) in [4.78, 5) is 8.59. The highest BCUT2D eigenvalue weighted by atomic mass is 35.5. The molecule has 1 aromatic rings. The van der Waals surface area contributed by atoms with Crippen molar-refractivity contribution >= 4 is 17.4 Å². The molecule has 3 nitrogen and oxygen atoms in total. The molecule has 2 heterocycles. The Hall–Kier alpha value is -0.870. The van der Waals surface area contributed by atoms with Gasteiger partial charge in [0.2, 0.25) is 0 Å². The first-order chi connectivity index (χ1) is 8.93. The van der Waals surface area contributed by atoms with Crippen LogP contribution in [0.25, 0.3) is 0 Å². The zero-order chi connectivity index (χ0) is 14.0. The molecule has 0 saturated carbocycles. The van der Waals surface area contributed by atoms with Gasteiger partial charge in [-0.1, -0.05) is 0 Å². The fraction of sp³-hybridized carbons (Fsp3) is 0.643. The number of hydrogen-bond donors (Lipinski definition) is 0. The highest BCUT2D eigenvalue weighted by Crippen LogP contribution is 2.23. The Morgan fingerprint density at radius 3 is 2.42 bits per heavy atom. The van der Waals surface area contributed by atoms with Crippen molar-refractivity contribution in [3.8, 4) is 0 Å². The van der Waals surface area contributed by atoms with Crippen LogP contribution in [-0.4, -0.2) is 41.6 Å². The number of nitrogens with zero attached hydrogens (tertiary/aromatic N) is 3. The fourth-order valence-corrected chi connectivity index (χ4v) is 2.59. The van der Waals surface area contributed by atoms with Crippen LogP contribution in [-0.2, 0) is 5.88 Å². The zero-order valence-corrected chi connectivity index (χ0v) is 12.5. The molecule has 1 fully saturated rings. The summed E-state index contributed by atoms with van der Waals surface area (Å²) in [6.45, 7) is 10.1. The molecule has 1 aliphatic heterocycles. The van der Waals surface area contributed by atoms with Crippen LogP contribution < -0.4 is 4.90 Å². The molecule has 0 amide bonds. The third kappa shape index (κ3) is 3.18. The summed E-state index contributed by atoms with van der Waals surface area (Å²) in [5.41, 5.74) is 0.681. The predicted molar refractivity (Wildman–Crippen MR) is 77.3 cm³/mol. The molecule has 1 aliphatic rings. The van der Waals surface area contributed by atoms with Gasteiger partial charge in [0.05, 0.1) is 5.88 Å². The molecular weight excluding hydrogens is 265 g/mol. The van der Waals surface area contributed by atoms with Gasteiger partial charge in [-0.2, -0.15) is 0 Å². The minimum atomic E-state index is -0.276. The lowest BCUT2D eigenvalue weighted by atomic mass is 10.0.